The van der Waals surface area contributed by atoms with Crippen LogP contribution < -0.4 is 10.6 Å². The quantitative estimate of drug-likeness (QED) is 0.293. The summed E-state index contributed by atoms with van der Waals surface area (Å²) in [5.74, 6) is 0. The fourth-order valence-electron chi connectivity index (χ4n) is 4.42. The molecule has 2 aromatic rings. The van der Waals surface area contributed by atoms with Gasteiger partial charge in [0.05, 0.1) is 35.7 Å². The molecule has 0 unspecified atom stereocenters. The first-order valence-corrected chi connectivity index (χ1v) is 14.2. The Morgan fingerprint density at radius 1 is 0.656 bits per heavy atom. The van der Waals surface area contributed by atoms with E-state index in [-0.39, 0.29) is 24.3 Å². The van der Waals surface area contributed by atoms with Crippen LogP contribution in [-0.2, 0) is 0 Å². The number of nitrogens with one attached hydrogen (secondary N) is 2. The molecule has 0 bridgehead atoms. The normalized spacial score (nSPS) is 26.0. The third kappa shape index (κ3) is 6.43. The molecule has 2 aliphatic carbocycles. The van der Waals surface area contributed by atoms with Crippen LogP contribution in [0.2, 0.25) is 10.0 Å². The van der Waals surface area contributed by atoms with Gasteiger partial charge in [-0.3, -0.25) is 0 Å². The Hall–Kier alpha value is -0.760. The molecule has 4 N–H and O–H groups in total. The Kier molecular flexibility index (Phi) is 8.82. The standard InChI is InChI=1S/C24H30Cl2N2O2S2/c25-15-9-11-23(19(13-15)27-17-5-1-3-7-21(17)29)31-32-24-12-10-16(26)14-20(24)28-18-6-2-4-8-22(18)30/h9-14,17-18,21-22,27-30H,1-8H2/t17-,18+,21-,22-/m0/s1. The minimum absolute atomic E-state index is 0.0483. The fraction of sp³-hybridized carbons (Fsp3) is 0.500. The Balaban J connectivity index is 1.48. The second kappa shape index (κ2) is 11.6. The molecule has 0 spiro atoms. The molecule has 174 valence electrons. The number of hydrogen-bond donors (Lipinski definition) is 4. The minimum atomic E-state index is -0.331. The van der Waals surface area contributed by atoms with Crippen molar-refractivity contribution in [2.24, 2.45) is 0 Å². The lowest BCUT2D eigenvalue weighted by Crippen LogP contribution is -2.36. The van der Waals surface area contributed by atoms with Crippen molar-refractivity contribution in [3.63, 3.8) is 0 Å². The lowest BCUT2D eigenvalue weighted by atomic mass is 9.92. The van der Waals surface area contributed by atoms with Gasteiger partial charge in [0.25, 0.3) is 0 Å². The number of hydrogen-bond acceptors (Lipinski definition) is 6. The van der Waals surface area contributed by atoms with Gasteiger partial charge in [0.1, 0.15) is 0 Å². The van der Waals surface area contributed by atoms with E-state index in [1.807, 2.05) is 36.4 Å². The summed E-state index contributed by atoms with van der Waals surface area (Å²) in [6.45, 7) is 0. The van der Waals surface area contributed by atoms with Crippen LogP contribution >= 0.6 is 44.8 Å². The summed E-state index contributed by atoms with van der Waals surface area (Å²) in [6.07, 6.45) is 7.33. The molecule has 0 aromatic heterocycles. The molecule has 32 heavy (non-hydrogen) atoms. The SMILES string of the molecule is O[C@H]1CCCC[C@@H]1Nc1cc(Cl)ccc1SSc1ccc(Cl)cc1N[C@@H]1CCCC[C@@H]1O. The number of rotatable bonds is 7. The highest BCUT2D eigenvalue weighted by molar-refractivity contribution is 8.76. The van der Waals surface area contributed by atoms with Crippen LogP contribution in [0.15, 0.2) is 46.2 Å². The Morgan fingerprint density at radius 3 is 1.47 bits per heavy atom. The third-order valence-electron chi connectivity index (χ3n) is 6.25. The van der Waals surface area contributed by atoms with E-state index in [2.05, 4.69) is 10.6 Å². The maximum Gasteiger partial charge on any atom is 0.0741 e. The van der Waals surface area contributed by atoms with Gasteiger partial charge >= 0.3 is 0 Å². The van der Waals surface area contributed by atoms with Gasteiger partial charge in [0.2, 0.25) is 0 Å². The van der Waals surface area contributed by atoms with E-state index in [1.165, 1.54) is 0 Å². The largest absolute Gasteiger partial charge is 0.391 e. The second-order valence-corrected chi connectivity index (χ2v) is 11.7. The van der Waals surface area contributed by atoms with Crippen LogP contribution in [-0.4, -0.2) is 34.5 Å². The van der Waals surface area contributed by atoms with Crippen LogP contribution in [0.5, 0.6) is 0 Å². The molecule has 2 aromatic carbocycles. The molecule has 0 amide bonds. The lowest BCUT2D eigenvalue weighted by molar-refractivity contribution is 0.116. The summed E-state index contributed by atoms with van der Waals surface area (Å²) in [5, 5.41) is 29.2. The molecule has 2 saturated carbocycles. The molecule has 0 radical (unpaired) electrons. The average Bonchev–Trinajstić information content (AvgIpc) is 2.77. The monoisotopic (exact) mass is 512 g/mol. The van der Waals surface area contributed by atoms with Gasteiger partial charge < -0.3 is 20.8 Å². The van der Waals surface area contributed by atoms with Crippen LogP contribution in [0.3, 0.4) is 0 Å². The molecule has 4 atom stereocenters. The van der Waals surface area contributed by atoms with Crippen LogP contribution in [0.25, 0.3) is 0 Å². The van der Waals surface area contributed by atoms with Crippen LogP contribution in [0.4, 0.5) is 11.4 Å². The number of anilines is 2. The maximum absolute atomic E-state index is 10.4. The Morgan fingerprint density at radius 2 is 1.06 bits per heavy atom. The van der Waals surface area contributed by atoms with Gasteiger partial charge in [-0.25, -0.2) is 0 Å². The van der Waals surface area contributed by atoms with E-state index in [4.69, 9.17) is 23.2 Å². The smallest absolute Gasteiger partial charge is 0.0741 e. The van der Waals surface area contributed by atoms with Gasteiger partial charge in [0.15, 0.2) is 0 Å². The summed E-state index contributed by atoms with van der Waals surface area (Å²) >= 11 is 12.6. The predicted molar refractivity (Wildman–Crippen MR) is 138 cm³/mol. The molecule has 0 saturated heterocycles. The third-order valence-corrected chi connectivity index (χ3v) is 9.20. The molecule has 2 aliphatic rings. The van der Waals surface area contributed by atoms with Gasteiger partial charge in [-0.1, -0.05) is 70.5 Å². The van der Waals surface area contributed by atoms with Crippen molar-refractivity contribution >= 4 is 56.2 Å². The minimum Gasteiger partial charge on any atom is -0.391 e. The summed E-state index contributed by atoms with van der Waals surface area (Å²) in [7, 11) is 3.30. The molecular formula is C24H30Cl2N2O2S2. The van der Waals surface area contributed by atoms with E-state index in [0.717, 1.165) is 72.5 Å². The predicted octanol–water partition coefficient (Wildman–Crippen LogP) is 7.22. The number of aliphatic hydroxyl groups excluding tert-OH is 2. The van der Waals surface area contributed by atoms with Crippen LogP contribution in [0, 0.1) is 0 Å². The van der Waals surface area contributed by atoms with Gasteiger partial charge in [-0.05, 0) is 62.1 Å². The fourth-order valence-corrected chi connectivity index (χ4v) is 7.02. The molecule has 4 rings (SSSR count). The first-order chi connectivity index (χ1) is 15.5. The highest BCUT2D eigenvalue weighted by atomic mass is 35.5. The number of aliphatic hydroxyl groups is 2. The summed E-state index contributed by atoms with van der Waals surface area (Å²) in [6, 6.07) is 11.8. The zero-order valence-electron chi connectivity index (χ0n) is 17.9. The van der Waals surface area contributed by atoms with Gasteiger partial charge in [-0.2, -0.15) is 0 Å². The second-order valence-electron chi connectivity index (χ2n) is 8.65. The molecule has 2 fully saturated rings. The number of halogens is 2. The van der Waals surface area contributed by atoms with Crippen molar-refractivity contribution in [1.29, 1.82) is 0 Å². The maximum atomic E-state index is 10.4. The zero-order valence-corrected chi connectivity index (χ0v) is 21.0. The van der Waals surface area contributed by atoms with E-state index < -0.39 is 0 Å². The van der Waals surface area contributed by atoms with E-state index in [9.17, 15) is 10.2 Å². The number of benzene rings is 2. The molecule has 4 nitrogen and oxygen atoms in total. The van der Waals surface area contributed by atoms with Crippen molar-refractivity contribution in [3.05, 3.63) is 46.4 Å². The average molecular weight is 514 g/mol. The van der Waals surface area contributed by atoms with E-state index >= 15 is 0 Å². The van der Waals surface area contributed by atoms with Crippen molar-refractivity contribution in [1.82, 2.24) is 0 Å². The summed E-state index contributed by atoms with van der Waals surface area (Å²) in [5.41, 5.74) is 1.90. The molecule has 0 heterocycles. The summed E-state index contributed by atoms with van der Waals surface area (Å²) in [4.78, 5) is 2.13. The Bertz CT molecular complexity index is 844. The van der Waals surface area contributed by atoms with Crippen molar-refractivity contribution < 1.29 is 10.2 Å². The molecular weight excluding hydrogens is 483 g/mol. The molecule has 0 aliphatic heterocycles. The van der Waals surface area contributed by atoms with Crippen molar-refractivity contribution in [3.8, 4) is 0 Å². The zero-order chi connectivity index (χ0) is 22.5. The summed E-state index contributed by atoms with van der Waals surface area (Å²) < 4.78 is 0. The van der Waals surface area contributed by atoms with Gasteiger partial charge in [0, 0.05) is 19.8 Å². The van der Waals surface area contributed by atoms with Gasteiger partial charge in [-0.15, -0.1) is 0 Å². The Labute approximate surface area is 208 Å². The van der Waals surface area contributed by atoms with E-state index in [0.29, 0.717) is 10.0 Å². The first kappa shape index (κ1) is 24.4. The highest BCUT2D eigenvalue weighted by Crippen LogP contribution is 2.45. The lowest BCUT2D eigenvalue weighted by Gasteiger charge is -2.30. The topological polar surface area (TPSA) is 64.5 Å². The van der Waals surface area contributed by atoms with Crippen molar-refractivity contribution in [2.45, 2.75) is 85.4 Å². The molecule has 8 heteroatoms. The van der Waals surface area contributed by atoms with E-state index in [1.54, 1.807) is 21.6 Å². The highest BCUT2D eigenvalue weighted by Gasteiger charge is 2.25. The van der Waals surface area contributed by atoms with Crippen LogP contribution in [0.1, 0.15) is 51.4 Å². The first-order valence-electron chi connectivity index (χ1n) is 11.3. The van der Waals surface area contributed by atoms with Crippen molar-refractivity contribution in [2.75, 3.05) is 10.6 Å².